The molecule has 0 bridgehead atoms. The van der Waals surface area contributed by atoms with Gasteiger partial charge in [-0.1, -0.05) is 158 Å². The summed E-state index contributed by atoms with van der Waals surface area (Å²) >= 11 is 0. The van der Waals surface area contributed by atoms with Gasteiger partial charge in [-0.15, -0.1) is 0 Å². The van der Waals surface area contributed by atoms with Gasteiger partial charge in [0.05, 0.1) is 16.6 Å². The third-order valence-corrected chi connectivity index (χ3v) is 12.3. The number of para-hydroxylation sites is 3. The Bertz CT molecular complexity index is 3490. The van der Waals surface area contributed by atoms with E-state index < -0.39 is 0 Å². The van der Waals surface area contributed by atoms with Crippen LogP contribution < -0.4 is 0 Å². The number of nitrogens with zero attached hydrogens (tertiary/aromatic N) is 5. The van der Waals surface area contributed by atoms with Gasteiger partial charge in [0.1, 0.15) is 0 Å². The Kier molecular flexibility index (Phi) is 8.56. The van der Waals surface area contributed by atoms with Gasteiger partial charge in [-0.25, -0.2) is 15.0 Å². The molecular formula is C57H39N5. The predicted octanol–water partition coefficient (Wildman–Crippen LogP) is 14.2. The number of benzene rings is 8. The number of allylic oxidation sites excluding steroid dienone is 1. The highest BCUT2D eigenvalue weighted by Crippen LogP contribution is 2.38. The number of hydrogen-bond donors (Lipinski definition) is 0. The third-order valence-electron chi connectivity index (χ3n) is 12.3. The molecule has 1 aliphatic rings. The van der Waals surface area contributed by atoms with Gasteiger partial charge in [0.2, 0.25) is 0 Å². The topological polar surface area (TPSA) is 48.5 Å². The molecule has 62 heavy (non-hydrogen) atoms. The number of rotatable bonds is 7. The standard InChI is InChI=1S/C57H39N5/c1-4-15-38(16-5-1)41-17-14-18-42(35-41)39-27-29-40(30-28-39)55-58-56(43-31-33-49-47-23-10-12-25-51(47)61(53(49)36-43)45-19-6-2-7-20-45)60-57(59-55)44-32-34-50-48-24-11-13-26-52(48)62(54(50)37-44)46-21-8-3-9-22-46/h1-10,12-23,25-37H,11,24H2. The Morgan fingerprint density at radius 2 is 0.823 bits per heavy atom. The van der Waals surface area contributed by atoms with Crippen LogP contribution in [0.1, 0.15) is 17.7 Å². The van der Waals surface area contributed by atoms with Crippen LogP contribution in [0.3, 0.4) is 0 Å². The van der Waals surface area contributed by atoms with Crippen molar-refractivity contribution >= 4 is 38.8 Å². The monoisotopic (exact) mass is 793 g/mol. The minimum atomic E-state index is 0.622. The van der Waals surface area contributed by atoms with E-state index in [-0.39, 0.29) is 0 Å². The molecule has 0 fully saturated rings. The van der Waals surface area contributed by atoms with Crippen LogP contribution in [0.5, 0.6) is 0 Å². The highest BCUT2D eigenvalue weighted by atomic mass is 15.0. The van der Waals surface area contributed by atoms with Crippen LogP contribution in [-0.4, -0.2) is 24.1 Å². The fourth-order valence-electron chi connectivity index (χ4n) is 9.28. The summed E-state index contributed by atoms with van der Waals surface area (Å²) < 4.78 is 4.72. The number of fused-ring (bicyclic) bond motifs is 6. The molecular weight excluding hydrogens is 755 g/mol. The van der Waals surface area contributed by atoms with Gasteiger partial charge in [-0.05, 0) is 95.3 Å². The minimum Gasteiger partial charge on any atom is -0.310 e. The second kappa shape index (κ2) is 14.8. The normalized spacial score (nSPS) is 12.3. The van der Waals surface area contributed by atoms with E-state index in [1.54, 1.807) is 0 Å². The van der Waals surface area contributed by atoms with E-state index in [4.69, 9.17) is 15.0 Å². The maximum atomic E-state index is 5.30. The molecule has 0 unspecified atom stereocenters. The molecule has 0 radical (unpaired) electrons. The zero-order chi connectivity index (χ0) is 41.0. The molecule has 3 heterocycles. The number of hydrogen-bond acceptors (Lipinski definition) is 3. The van der Waals surface area contributed by atoms with E-state index in [0.29, 0.717) is 17.5 Å². The Morgan fingerprint density at radius 3 is 1.50 bits per heavy atom. The average molecular weight is 794 g/mol. The molecule has 0 saturated carbocycles. The van der Waals surface area contributed by atoms with Gasteiger partial charge in [0, 0.05) is 49.9 Å². The molecule has 0 N–H and O–H groups in total. The van der Waals surface area contributed by atoms with Crippen molar-refractivity contribution in [2.24, 2.45) is 0 Å². The molecule has 0 atom stereocenters. The molecule has 8 aromatic carbocycles. The lowest BCUT2D eigenvalue weighted by Gasteiger charge is -2.12. The van der Waals surface area contributed by atoms with Crippen LogP contribution in [0.15, 0.2) is 206 Å². The molecule has 1 aliphatic carbocycles. The van der Waals surface area contributed by atoms with Gasteiger partial charge in [0.15, 0.2) is 17.5 Å². The van der Waals surface area contributed by atoms with Crippen molar-refractivity contribution in [2.75, 3.05) is 0 Å². The predicted molar refractivity (Wildman–Crippen MR) is 256 cm³/mol. The van der Waals surface area contributed by atoms with Crippen molar-refractivity contribution in [2.45, 2.75) is 12.8 Å². The number of aromatic nitrogens is 5. The van der Waals surface area contributed by atoms with Gasteiger partial charge in [-0.2, -0.15) is 0 Å². The lowest BCUT2D eigenvalue weighted by molar-refractivity contribution is 0.967. The smallest absolute Gasteiger partial charge is 0.164 e. The Morgan fingerprint density at radius 1 is 0.339 bits per heavy atom. The van der Waals surface area contributed by atoms with Crippen molar-refractivity contribution in [3.63, 3.8) is 0 Å². The summed E-state index contributed by atoms with van der Waals surface area (Å²) in [6.45, 7) is 0. The summed E-state index contributed by atoms with van der Waals surface area (Å²) in [7, 11) is 0. The molecule has 0 spiro atoms. The van der Waals surface area contributed by atoms with Crippen LogP contribution >= 0.6 is 0 Å². The van der Waals surface area contributed by atoms with Crippen molar-refractivity contribution in [1.29, 1.82) is 0 Å². The van der Waals surface area contributed by atoms with E-state index in [0.717, 1.165) is 68.6 Å². The third kappa shape index (κ3) is 6.13. The van der Waals surface area contributed by atoms with Crippen LogP contribution in [0.4, 0.5) is 0 Å². The maximum Gasteiger partial charge on any atom is 0.164 e. The molecule has 12 rings (SSSR count). The fraction of sp³-hybridized carbons (Fsp3) is 0.0351. The summed E-state index contributed by atoms with van der Waals surface area (Å²) in [5.74, 6) is 1.88. The number of aryl methyl sites for hydroxylation is 1. The van der Waals surface area contributed by atoms with Crippen LogP contribution in [-0.2, 0) is 6.42 Å². The fourth-order valence-corrected chi connectivity index (χ4v) is 9.28. The summed E-state index contributed by atoms with van der Waals surface area (Å²) in [4.78, 5) is 15.8. The second-order valence-corrected chi connectivity index (χ2v) is 16.0. The van der Waals surface area contributed by atoms with Crippen molar-refractivity contribution < 1.29 is 0 Å². The molecule has 292 valence electrons. The first-order valence-electron chi connectivity index (χ1n) is 21.2. The van der Waals surface area contributed by atoms with Crippen LogP contribution in [0.2, 0.25) is 0 Å². The zero-order valence-electron chi connectivity index (χ0n) is 33.9. The first-order valence-corrected chi connectivity index (χ1v) is 21.2. The van der Waals surface area contributed by atoms with Crippen molar-refractivity contribution in [3.8, 4) is 67.8 Å². The van der Waals surface area contributed by atoms with Crippen LogP contribution in [0, 0.1) is 0 Å². The maximum absolute atomic E-state index is 5.30. The largest absolute Gasteiger partial charge is 0.310 e. The summed E-state index contributed by atoms with van der Waals surface area (Å²) in [6, 6.07) is 71.0. The van der Waals surface area contributed by atoms with E-state index >= 15 is 0 Å². The molecule has 0 aliphatic heterocycles. The Balaban J connectivity index is 1.03. The molecule has 0 saturated heterocycles. The van der Waals surface area contributed by atoms with E-state index in [1.807, 2.05) is 0 Å². The van der Waals surface area contributed by atoms with Crippen LogP contribution in [0.25, 0.3) is 107 Å². The average Bonchev–Trinajstić information content (AvgIpc) is 3.87. The summed E-state index contributed by atoms with van der Waals surface area (Å²) in [5.41, 5.74) is 15.7. The lowest BCUT2D eigenvalue weighted by atomic mass is 9.98. The lowest BCUT2D eigenvalue weighted by Crippen LogP contribution is -2.01. The minimum absolute atomic E-state index is 0.622. The quantitative estimate of drug-likeness (QED) is 0.161. The second-order valence-electron chi connectivity index (χ2n) is 16.0. The first kappa shape index (κ1) is 35.8. The zero-order valence-corrected chi connectivity index (χ0v) is 33.9. The van der Waals surface area contributed by atoms with Gasteiger partial charge in [-0.3, -0.25) is 0 Å². The highest BCUT2D eigenvalue weighted by Gasteiger charge is 2.21. The van der Waals surface area contributed by atoms with E-state index in [9.17, 15) is 0 Å². The van der Waals surface area contributed by atoms with Gasteiger partial charge < -0.3 is 9.13 Å². The molecule has 5 nitrogen and oxygen atoms in total. The van der Waals surface area contributed by atoms with E-state index in [2.05, 4.69) is 221 Å². The molecule has 11 aromatic rings. The Hall–Kier alpha value is -8.15. The molecule has 3 aromatic heterocycles. The first-order chi connectivity index (χ1) is 30.7. The highest BCUT2D eigenvalue weighted by molar-refractivity contribution is 6.10. The SMILES string of the molecule is C1=Cc2c(c3ccc(-c4nc(-c5ccc(-c6cccc(-c7ccccc7)c6)cc5)nc(-c5ccc6c7ccccc7n(-c7ccccc7)c6c5)n4)cc3n2-c2ccccc2)CC1. The molecule has 5 heteroatoms. The summed E-state index contributed by atoms with van der Waals surface area (Å²) in [6.07, 6.45) is 6.60. The van der Waals surface area contributed by atoms with Crippen molar-refractivity contribution in [1.82, 2.24) is 24.1 Å². The van der Waals surface area contributed by atoms with Crippen molar-refractivity contribution in [3.05, 3.63) is 218 Å². The van der Waals surface area contributed by atoms with Gasteiger partial charge in [0.25, 0.3) is 0 Å². The Labute approximate surface area is 359 Å². The molecule has 0 amide bonds. The summed E-state index contributed by atoms with van der Waals surface area (Å²) in [5, 5.41) is 3.65. The van der Waals surface area contributed by atoms with E-state index in [1.165, 1.54) is 38.5 Å². The van der Waals surface area contributed by atoms with Gasteiger partial charge >= 0.3 is 0 Å².